The van der Waals surface area contributed by atoms with E-state index in [1.807, 2.05) is 24.4 Å². The first-order valence-corrected chi connectivity index (χ1v) is 11.8. The zero-order chi connectivity index (χ0) is 22.6. The lowest BCUT2D eigenvalue weighted by Gasteiger charge is -2.35. The van der Waals surface area contributed by atoms with E-state index < -0.39 is 0 Å². The van der Waals surface area contributed by atoms with Crippen LogP contribution in [0.1, 0.15) is 25.7 Å². The van der Waals surface area contributed by atoms with Gasteiger partial charge in [-0.25, -0.2) is 4.98 Å². The van der Waals surface area contributed by atoms with E-state index in [0.29, 0.717) is 18.3 Å². The van der Waals surface area contributed by atoms with Crippen molar-refractivity contribution in [3.63, 3.8) is 0 Å². The van der Waals surface area contributed by atoms with Gasteiger partial charge in [-0.2, -0.15) is 4.98 Å². The molecule has 2 saturated heterocycles. The lowest BCUT2D eigenvalue weighted by atomic mass is 10.0. The fraction of sp³-hybridized carbons (Fsp3) is 0.480. The summed E-state index contributed by atoms with van der Waals surface area (Å²) in [5, 5.41) is 4.20. The van der Waals surface area contributed by atoms with Gasteiger partial charge in [0, 0.05) is 56.7 Å². The molecule has 33 heavy (non-hydrogen) atoms. The normalized spacial score (nSPS) is 19.6. The molecular formula is C25H32N6O2. The first-order chi connectivity index (χ1) is 16.2. The van der Waals surface area contributed by atoms with Crippen molar-refractivity contribution in [2.45, 2.75) is 26.3 Å². The molecule has 2 aliphatic heterocycles. The summed E-state index contributed by atoms with van der Waals surface area (Å²) in [5.74, 6) is 3.89. The molecule has 0 bridgehead atoms. The van der Waals surface area contributed by atoms with Crippen molar-refractivity contribution < 1.29 is 9.26 Å². The van der Waals surface area contributed by atoms with E-state index in [4.69, 9.17) is 9.26 Å². The maximum absolute atomic E-state index is 5.55. The fourth-order valence-corrected chi connectivity index (χ4v) is 4.69. The van der Waals surface area contributed by atoms with E-state index in [1.165, 1.54) is 18.5 Å². The zero-order valence-electron chi connectivity index (χ0n) is 19.5. The minimum absolute atomic E-state index is 0.605. The second-order valence-electron chi connectivity index (χ2n) is 9.07. The molecule has 2 aromatic heterocycles. The Morgan fingerprint density at radius 2 is 1.82 bits per heavy atom. The van der Waals surface area contributed by atoms with Gasteiger partial charge >= 0.3 is 0 Å². The first-order valence-electron chi connectivity index (χ1n) is 11.8. The number of hydrogen-bond acceptors (Lipinski definition) is 8. The Balaban J connectivity index is 1.15. The molecule has 0 N–H and O–H groups in total. The number of anilines is 2. The molecule has 0 unspecified atom stereocenters. The number of piperazine rings is 1. The van der Waals surface area contributed by atoms with Gasteiger partial charge in [0.2, 0.25) is 11.7 Å². The lowest BCUT2D eigenvalue weighted by molar-refractivity contribution is 0.215. The SMILES string of the molecule is COc1ccc(N2CCN(Cc3nc(-c4ccc(N5CCC[C@@H](C)C5)nc4)no3)CC2)cc1. The third kappa shape index (κ3) is 5.11. The van der Waals surface area contributed by atoms with E-state index in [0.717, 1.165) is 62.3 Å². The number of piperidine rings is 1. The highest BCUT2D eigenvalue weighted by atomic mass is 16.5. The van der Waals surface area contributed by atoms with E-state index in [2.05, 4.69) is 54.9 Å². The number of hydrogen-bond donors (Lipinski definition) is 0. The Labute approximate surface area is 195 Å². The average Bonchev–Trinajstić information content (AvgIpc) is 3.33. The molecule has 2 aliphatic rings. The van der Waals surface area contributed by atoms with Crippen LogP contribution in [0.15, 0.2) is 47.1 Å². The largest absolute Gasteiger partial charge is 0.497 e. The maximum Gasteiger partial charge on any atom is 0.241 e. The molecule has 8 nitrogen and oxygen atoms in total. The third-order valence-electron chi connectivity index (χ3n) is 6.62. The molecule has 0 aliphatic carbocycles. The Morgan fingerprint density at radius 1 is 1.00 bits per heavy atom. The number of aromatic nitrogens is 3. The second-order valence-corrected chi connectivity index (χ2v) is 9.07. The summed E-state index contributed by atoms with van der Waals surface area (Å²) in [7, 11) is 1.69. The number of methoxy groups -OCH3 is 1. The summed E-state index contributed by atoms with van der Waals surface area (Å²) in [6, 6.07) is 12.4. The number of rotatable bonds is 6. The zero-order valence-corrected chi connectivity index (χ0v) is 19.5. The minimum atomic E-state index is 0.605. The summed E-state index contributed by atoms with van der Waals surface area (Å²) >= 11 is 0. The molecule has 8 heteroatoms. The van der Waals surface area contributed by atoms with Gasteiger partial charge in [-0.15, -0.1) is 0 Å². The van der Waals surface area contributed by atoms with Crippen molar-refractivity contribution in [1.29, 1.82) is 0 Å². The Morgan fingerprint density at radius 3 is 2.52 bits per heavy atom. The van der Waals surface area contributed by atoms with Gasteiger partial charge in [0.05, 0.1) is 13.7 Å². The number of pyridine rings is 1. The summed E-state index contributed by atoms with van der Waals surface area (Å²) in [6.45, 7) is 8.96. The van der Waals surface area contributed by atoms with Crippen molar-refractivity contribution >= 4 is 11.5 Å². The average molecular weight is 449 g/mol. The molecular weight excluding hydrogens is 416 g/mol. The van der Waals surface area contributed by atoms with Crippen LogP contribution in [0.4, 0.5) is 11.5 Å². The van der Waals surface area contributed by atoms with Crippen molar-refractivity contribution in [2.75, 3.05) is 56.2 Å². The highest BCUT2D eigenvalue weighted by molar-refractivity contribution is 5.56. The van der Waals surface area contributed by atoms with Crippen molar-refractivity contribution in [2.24, 2.45) is 5.92 Å². The Bertz CT molecular complexity index is 1030. The van der Waals surface area contributed by atoms with Crippen molar-refractivity contribution in [1.82, 2.24) is 20.0 Å². The molecule has 1 atom stereocenters. The topological polar surface area (TPSA) is 70.8 Å². The summed E-state index contributed by atoms with van der Waals surface area (Å²) in [4.78, 5) is 16.4. The molecule has 0 radical (unpaired) electrons. The lowest BCUT2D eigenvalue weighted by Crippen LogP contribution is -2.46. The number of ether oxygens (including phenoxy) is 1. The van der Waals surface area contributed by atoms with Crippen LogP contribution in [-0.2, 0) is 6.54 Å². The van der Waals surface area contributed by atoms with E-state index in [9.17, 15) is 0 Å². The maximum atomic E-state index is 5.55. The molecule has 2 fully saturated rings. The first kappa shape index (κ1) is 21.7. The highest BCUT2D eigenvalue weighted by Crippen LogP contribution is 2.24. The van der Waals surface area contributed by atoms with Gasteiger partial charge in [-0.05, 0) is 55.2 Å². The third-order valence-corrected chi connectivity index (χ3v) is 6.62. The van der Waals surface area contributed by atoms with Crippen LogP contribution in [-0.4, -0.2) is 66.4 Å². The molecule has 1 aromatic carbocycles. The van der Waals surface area contributed by atoms with Crippen molar-refractivity contribution in [3.05, 3.63) is 48.5 Å². The molecule has 3 aromatic rings. The van der Waals surface area contributed by atoms with Gasteiger partial charge in [0.25, 0.3) is 0 Å². The van der Waals surface area contributed by atoms with Crippen LogP contribution in [0.5, 0.6) is 5.75 Å². The van der Waals surface area contributed by atoms with Crippen LogP contribution in [0.25, 0.3) is 11.4 Å². The van der Waals surface area contributed by atoms with Gasteiger partial charge in [-0.1, -0.05) is 12.1 Å². The monoisotopic (exact) mass is 448 g/mol. The quantitative estimate of drug-likeness (QED) is 0.565. The predicted molar refractivity (Wildman–Crippen MR) is 129 cm³/mol. The molecule has 5 rings (SSSR count). The summed E-state index contributed by atoms with van der Waals surface area (Å²) < 4.78 is 10.8. The molecule has 0 saturated carbocycles. The van der Waals surface area contributed by atoms with E-state index in [-0.39, 0.29) is 0 Å². The summed E-state index contributed by atoms with van der Waals surface area (Å²) in [6.07, 6.45) is 4.39. The van der Waals surface area contributed by atoms with Gasteiger partial charge in [-0.3, -0.25) is 4.90 Å². The highest BCUT2D eigenvalue weighted by Gasteiger charge is 2.21. The number of nitrogens with zero attached hydrogens (tertiary/aromatic N) is 6. The molecule has 174 valence electrons. The Kier molecular flexibility index (Phi) is 6.44. The molecule has 4 heterocycles. The fourth-order valence-electron chi connectivity index (χ4n) is 4.69. The van der Waals surface area contributed by atoms with Gasteiger partial charge in [0.15, 0.2) is 0 Å². The Hall–Kier alpha value is -3.13. The standard InChI is InChI=1S/C25H32N6O2/c1-19-4-3-11-31(17-19)23-10-5-20(16-26-23)25-27-24(33-28-25)18-29-12-14-30(15-13-29)21-6-8-22(32-2)9-7-21/h5-10,16,19H,3-4,11-15,17-18H2,1-2H3/t19-/m1/s1. The number of benzene rings is 1. The second kappa shape index (κ2) is 9.79. The van der Waals surface area contributed by atoms with Gasteiger partial charge in [0.1, 0.15) is 11.6 Å². The molecule has 0 amide bonds. The summed E-state index contributed by atoms with van der Waals surface area (Å²) in [5.41, 5.74) is 2.12. The van der Waals surface area contributed by atoms with Crippen LogP contribution >= 0.6 is 0 Å². The predicted octanol–water partition coefficient (Wildman–Crippen LogP) is 3.70. The molecule has 0 spiro atoms. The smallest absolute Gasteiger partial charge is 0.241 e. The van der Waals surface area contributed by atoms with E-state index in [1.54, 1.807) is 7.11 Å². The van der Waals surface area contributed by atoms with Crippen molar-refractivity contribution in [3.8, 4) is 17.1 Å². The van der Waals surface area contributed by atoms with Crippen LogP contribution < -0.4 is 14.5 Å². The van der Waals surface area contributed by atoms with Gasteiger partial charge < -0.3 is 19.1 Å². The van der Waals surface area contributed by atoms with Crippen LogP contribution in [0, 0.1) is 5.92 Å². The minimum Gasteiger partial charge on any atom is -0.497 e. The van der Waals surface area contributed by atoms with E-state index >= 15 is 0 Å². The van der Waals surface area contributed by atoms with Crippen LogP contribution in [0.2, 0.25) is 0 Å². The van der Waals surface area contributed by atoms with Crippen LogP contribution in [0.3, 0.4) is 0 Å².